The van der Waals surface area contributed by atoms with Crippen molar-refractivity contribution < 1.29 is 33.2 Å². The van der Waals surface area contributed by atoms with Crippen molar-refractivity contribution in [3.63, 3.8) is 0 Å². The number of fused-ring (bicyclic) bond motifs is 1. The summed E-state index contributed by atoms with van der Waals surface area (Å²) in [7, 11) is -0.922. The molecule has 0 aliphatic carbocycles. The van der Waals surface area contributed by atoms with E-state index in [4.69, 9.17) is 21.1 Å². The van der Waals surface area contributed by atoms with Crippen LogP contribution >= 0.6 is 18.7 Å². The summed E-state index contributed by atoms with van der Waals surface area (Å²) in [5, 5.41) is 12.8. The molecule has 64 heavy (non-hydrogen) atoms. The minimum absolute atomic E-state index is 0.0643. The lowest BCUT2D eigenvalue weighted by molar-refractivity contribution is -0.137. The number of para-hydroxylation sites is 1. The highest BCUT2D eigenvalue weighted by Gasteiger charge is 2.40. The van der Waals surface area contributed by atoms with E-state index in [1.54, 1.807) is 38.6 Å². The van der Waals surface area contributed by atoms with Crippen LogP contribution in [0.5, 0.6) is 11.5 Å². The van der Waals surface area contributed by atoms with Crippen molar-refractivity contribution >= 4 is 76.5 Å². The first-order valence-electron chi connectivity index (χ1n) is 21.6. The number of piperazine rings is 1. The molecule has 4 aliphatic rings. The summed E-state index contributed by atoms with van der Waals surface area (Å²) in [6.07, 6.45) is 4.06. The molecule has 3 fully saturated rings. The molecule has 4 N–H and O–H groups in total. The summed E-state index contributed by atoms with van der Waals surface area (Å²) < 4.78 is 24.7. The van der Waals surface area contributed by atoms with Crippen LogP contribution in [0, 0.1) is 0 Å². The molecule has 1 atom stereocenters. The third-order valence-corrected chi connectivity index (χ3v) is 14.1. The normalized spacial score (nSPS) is 18.7. The number of halogens is 1. The van der Waals surface area contributed by atoms with E-state index in [2.05, 4.69) is 52.0 Å². The number of ether oxygens (including phenoxy) is 2. The number of carbonyl (C=O) groups excluding carboxylic acids is 4. The lowest BCUT2D eigenvalue weighted by Gasteiger charge is -2.43. The molecular weight excluding hydrogens is 859 g/mol. The van der Waals surface area contributed by atoms with Crippen LogP contribution in [0.15, 0.2) is 66.9 Å². The van der Waals surface area contributed by atoms with Crippen LogP contribution in [0.3, 0.4) is 0 Å². The second kappa shape index (κ2) is 19.6. The summed E-state index contributed by atoms with van der Waals surface area (Å²) in [6, 6.07) is 18.5. The Morgan fingerprint density at radius 2 is 1.70 bits per heavy atom. The van der Waals surface area contributed by atoms with Gasteiger partial charge in [0, 0.05) is 79.9 Å². The van der Waals surface area contributed by atoms with Crippen LogP contribution in [0.1, 0.15) is 41.6 Å². The topological polar surface area (TPSA) is 191 Å². The zero-order valence-electron chi connectivity index (χ0n) is 36.3. The minimum Gasteiger partial charge on any atom is -0.494 e. The first-order valence-corrected chi connectivity index (χ1v) is 24.6. The highest BCUT2D eigenvalue weighted by atomic mass is 35.5. The van der Waals surface area contributed by atoms with E-state index in [9.17, 15) is 23.7 Å². The number of imide groups is 1. The van der Waals surface area contributed by atoms with E-state index in [-0.39, 0.29) is 37.3 Å². The van der Waals surface area contributed by atoms with Gasteiger partial charge < -0.3 is 39.8 Å². The Morgan fingerprint density at radius 1 is 0.922 bits per heavy atom. The number of methoxy groups -OCH3 is 1. The summed E-state index contributed by atoms with van der Waals surface area (Å²) >= 11 is 6.48. The molecule has 8 rings (SSSR count). The number of hydrogen-bond acceptors (Lipinski definition) is 14. The zero-order chi connectivity index (χ0) is 45.0. The molecule has 17 nitrogen and oxygen atoms in total. The van der Waals surface area contributed by atoms with E-state index in [1.165, 1.54) is 11.1 Å². The number of anilines is 5. The fourth-order valence-corrected chi connectivity index (χ4v) is 10.2. The van der Waals surface area contributed by atoms with Gasteiger partial charge in [-0.1, -0.05) is 29.8 Å². The molecule has 0 bridgehead atoms. The van der Waals surface area contributed by atoms with Crippen molar-refractivity contribution in [3.05, 3.63) is 83.0 Å². The molecule has 3 saturated heterocycles. The Kier molecular flexibility index (Phi) is 13.7. The van der Waals surface area contributed by atoms with E-state index in [0.29, 0.717) is 81.6 Å². The second-order valence-electron chi connectivity index (χ2n) is 16.8. The minimum atomic E-state index is -2.56. The fraction of sp³-hybridized carbons (Fsp3) is 0.422. The number of rotatable bonds is 15. The zero-order valence-corrected chi connectivity index (χ0v) is 37.9. The Labute approximate surface area is 377 Å². The van der Waals surface area contributed by atoms with Gasteiger partial charge in [-0.3, -0.25) is 34.3 Å². The summed E-state index contributed by atoms with van der Waals surface area (Å²) in [4.78, 5) is 67.7. The number of nitrogens with one attached hydrogen (secondary N) is 4. The lowest BCUT2D eigenvalue weighted by atomic mass is 10.0. The fourth-order valence-electron chi connectivity index (χ4n) is 8.87. The van der Waals surface area contributed by atoms with Crippen LogP contribution < -0.4 is 40.9 Å². The van der Waals surface area contributed by atoms with Gasteiger partial charge in [-0.05, 0) is 69.0 Å². The SMILES string of the molecule is COc1cc(N2CCC(N3CCN(CC(=O)NCCOc4cccc5c4CN(C4CCC(=O)NC4=O)C5=O)CC3)CC2)ccc1Nc1ncc(Cl)c(Nc2ccccc2P(C)(C)=O)n1. The maximum Gasteiger partial charge on any atom is 0.255 e. The summed E-state index contributed by atoms with van der Waals surface area (Å²) in [5.74, 6) is 0.814. The molecule has 0 radical (unpaired) electrons. The number of hydrogen-bond donors (Lipinski definition) is 4. The van der Waals surface area contributed by atoms with Crippen molar-refractivity contribution in [1.29, 1.82) is 0 Å². The molecule has 0 saturated carbocycles. The van der Waals surface area contributed by atoms with Gasteiger partial charge in [0.25, 0.3) is 5.91 Å². The molecule has 5 heterocycles. The lowest BCUT2D eigenvalue weighted by Crippen LogP contribution is -2.54. The van der Waals surface area contributed by atoms with Gasteiger partial charge in [0.05, 0.1) is 44.3 Å². The van der Waals surface area contributed by atoms with Gasteiger partial charge >= 0.3 is 0 Å². The highest BCUT2D eigenvalue weighted by molar-refractivity contribution is 7.70. The molecule has 0 spiro atoms. The molecule has 4 amide bonds. The van der Waals surface area contributed by atoms with Gasteiger partial charge in [0.15, 0.2) is 5.82 Å². The first-order chi connectivity index (χ1) is 30.8. The third-order valence-electron chi connectivity index (χ3n) is 12.3. The van der Waals surface area contributed by atoms with Gasteiger partial charge in [-0.25, -0.2) is 4.98 Å². The maximum atomic E-state index is 13.1. The van der Waals surface area contributed by atoms with E-state index in [0.717, 1.165) is 57.8 Å². The number of benzene rings is 3. The van der Waals surface area contributed by atoms with Gasteiger partial charge in [0.2, 0.25) is 23.7 Å². The van der Waals surface area contributed by atoms with Crippen LogP contribution in [0.25, 0.3) is 0 Å². The van der Waals surface area contributed by atoms with Crippen molar-refractivity contribution in [2.24, 2.45) is 0 Å². The largest absolute Gasteiger partial charge is 0.494 e. The van der Waals surface area contributed by atoms with Crippen LogP contribution in [-0.2, 0) is 25.5 Å². The van der Waals surface area contributed by atoms with Gasteiger partial charge in [-0.2, -0.15) is 4.98 Å². The predicted molar refractivity (Wildman–Crippen MR) is 246 cm³/mol. The average Bonchev–Trinajstić information content (AvgIpc) is 3.62. The number of aromatic nitrogens is 2. The number of carbonyl (C=O) groups is 4. The molecular formula is C45H54ClN10O7P. The Morgan fingerprint density at radius 3 is 2.45 bits per heavy atom. The number of nitrogens with zero attached hydrogens (tertiary/aromatic N) is 6. The average molecular weight is 913 g/mol. The standard InChI is InChI=1S/C45H54ClN10O7P/c1-62-38-25-30(11-12-34(38)50-45-48-26-33(46)42(52-45)49-35-8-4-5-10-39(35)64(2,3)61)54-18-15-29(16-19-54)55-22-20-53(21-23-55)28-41(58)47-17-24-63-37-9-6-7-31-32(37)27-56(44(31)60)36-13-14-40(57)51-43(36)59/h4-12,25-26,29,36H,13-24,27-28H2,1-3H3,(H,47,58)(H,51,57,59)(H2,48,49,50,52). The number of amides is 4. The van der Waals surface area contributed by atoms with Crippen LogP contribution in [0.4, 0.5) is 28.8 Å². The van der Waals surface area contributed by atoms with Crippen molar-refractivity contribution in [2.45, 2.75) is 44.3 Å². The van der Waals surface area contributed by atoms with E-state index < -0.39 is 19.1 Å². The quantitative estimate of drug-likeness (QED) is 0.0745. The molecule has 1 aromatic heterocycles. The predicted octanol–water partition coefficient (Wildman–Crippen LogP) is 4.42. The summed E-state index contributed by atoms with van der Waals surface area (Å²) in [6.45, 7) is 9.77. The van der Waals surface area contributed by atoms with Crippen LogP contribution in [-0.4, -0.2) is 140 Å². The smallest absolute Gasteiger partial charge is 0.255 e. The molecule has 4 aliphatic heterocycles. The van der Waals surface area contributed by atoms with Crippen molar-refractivity contribution in [3.8, 4) is 11.5 Å². The molecule has 338 valence electrons. The van der Waals surface area contributed by atoms with Crippen LogP contribution in [0.2, 0.25) is 5.02 Å². The Balaban J connectivity index is 0.759. The highest BCUT2D eigenvalue weighted by Crippen LogP contribution is 2.39. The van der Waals surface area contributed by atoms with Gasteiger partial charge in [0.1, 0.15) is 36.3 Å². The maximum absolute atomic E-state index is 13.1. The molecule has 1 unspecified atom stereocenters. The van der Waals surface area contributed by atoms with E-state index >= 15 is 0 Å². The monoisotopic (exact) mass is 912 g/mol. The number of piperidine rings is 2. The van der Waals surface area contributed by atoms with Crippen molar-refractivity contribution in [2.75, 3.05) is 94.9 Å². The third kappa shape index (κ3) is 10.3. The summed E-state index contributed by atoms with van der Waals surface area (Å²) in [5.41, 5.74) is 3.64. The van der Waals surface area contributed by atoms with Gasteiger partial charge in [-0.15, -0.1) is 0 Å². The second-order valence-corrected chi connectivity index (χ2v) is 20.4. The van der Waals surface area contributed by atoms with E-state index in [1.807, 2.05) is 36.4 Å². The van der Waals surface area contributed by atoms with Crippen molar-refractivity contribution in [1.82, 2.24) is 35.3 Å². The molecule has 19 heteroatoms. The Bertz CT molecular complexity index is 2450. The molecule has 4 aromatic rings. The first kappa shape index (κ1) is 44.9. The molecule has 3 aromatic carbocycles. The Hall–Kier alpha value is -5.74.